The van der Waals surface area contributed by atoms with E-state index in [2.05, 4.69) is 4.99 Å². The predicted octanol–water partition coefficient (Wildman–Crippen LogP) is 2.60. The van der Waals surface area contributed by atoms with E-state index in [9.17, 15) is 14.9 Å². The van der Waals surface area contributed by atoms with E-state index >= 15 is 0 Å². The molecule has 0 radical (unpaired) electrons. The molecule has 0 aliphatic rings. The summed E-state index contributed by atoms with van der Waals surface area (Å²) in [5.74, 6) is -0.407. The Morgan fingerprint density at radius 2 is 1.90 bits per heavy atom. The van der Waals surface area contributed by atoms with Gasteiger partial charge in [-0.05, 0) is 23.1 Å². The lowest BCUT2D eigenvalue weighted by Gasteiger charge is -2.24. The summed E-state index contributed by atoms with van der Waals surface area (Å²) in [5.41, 5.74) is 0.334. The van der Waals surface area contributed by atoms with Crippen LogP contribution in [0.15, 0.2) is 29.3 Å². The van der Waals surface area contributed by atoms with Crippen molar-refractivity contribution in [2.45, 2.75) is 26.8 Å². The topological polar surface area (TPSA) is 81.8 Å². The van der Waals surface area contributed by atoms with E-state index in [0.29, 0.717) is 5.56 Å². The smallest absolute Gasteiger partial charge is 0.331 e. The van der Waals surface area contributed by atoms with Crippen molar-refractivity contribution in [1.29, 1.82) is 0 Å². The zero-order valence-electron chi connectivity index (χ0n) is 12.0. The van der Waals surface area contributed by atoms with Gasteiger partial charge in [-0.25, -0.2) is 4.79 Å². The first-order valence-corrected chi connectivity index (χ1v) is 6.11. The molecule has 0 aromatic heterocycles. The van der Waals surface area contributed by atoms with Crippen LogP contribution in [0.4, 0.5) is 5.69 Å². The van der Waals surface area contributed by atoms with E-state index in [4.69, 9.17) is 4.74 Å². The van der Waals surface area contributed by atoms with Crippen LogP contribution >= 0.6 is 0 Å². The SMILES string of the molecule is COC(=O)[C@H](N=Cc1ccc([N+](=O)[O-])cc1)C(C)(C)C. The third-order valence-electron chi connectivity index (χ3n) is 2.72. The highest BCUT2D eigenvalue weighted by Gasteiger charge is 2.31. The van der Waals surface area contributed by atoms with Gasteiger partial charge in [-0.3, -0.25) is 15.1 Å². The number of benzene rings is 1. The van der Waals surface area contributed by atoms with E-state index in [0.717, 1.165) is 0 Å². The molecule has 0 bridgehead atoms. The standard InChI is InChI=1S/C14H18N2O4/c1-14(2,3)12(13(17)20-4)15-9-10-5-7-11(8-6-10)16(18)19/h5-9,12H,1-4H3/t12-/m0/s1. The molecule has 1 aromatic carbocycles. The number of non-ortho nitro benzene ring substituents is 1. The molecule has 0 saturated heterocycles. The molecule has 0 fully saturated rings. The largest absolute Gasteiger partial charge is 0.467 e. The van der Waals surface area contributed by atoms with Gasteiger partial charge < -0.3 is 4.74 Å². The Kier molecular flexibility index (Phi) is 4.96. The van der Waals surface area contributed by atoms with Gasteiger partial charge in [0.1, 0.15) is 0 Å². The molecule has 0 amide bonds. The molecule has 0 saturated carbocycles. The summed E-state index contributed by atoms with van der Waals surface area (Å²) >= 11 is 0. The molecular weight excluding hydrogens is 260 g/mol. The number of methoxy groups -OCH3 is 1. The van der Waals surface area contributed by atoms with Crippen LogP contribution in [0.25, 0.3) is 0 Å². The van der Waals surface area contributed by atoms with Gasteiger partial charge in [0.2, 0.25) is 0 Å². The number of hydrogen-bond donors (Lipinski definition) is 0. The highest BCUT2D eigenvalue weighted by atomic mass is 16.6. The second kappa shape index (κ2) is 6.27. The quantitative estimate of drug-likeness (QED) is 0.367. The minimum Gasteiger partial charge on any atom is -0.467 e. The number of carbonyl (C=O) groups is 1. The van der Waals surface area contributed by atoms with Crippen LogP contribution in [0, 0.1) is 15.5 Å². The molecule has 0 unspecified atom stereocenters. The number of nitro groups is 1. The van der Waals surface area contributed by atoms with E-state index in [-0.39, 0.29) is 11.1 Å². The summed E-state index contributed by atoms with van der Waals surface area (Å²) in [6.45, 7) is 5.67. The highest BCUT2D eigenvalue weighted by molar-refractivity contribution is 5.84. The second-order valence-corrected chi connectivity index (χ2v) is 5.42. The summed E-state index contributed by atoms with van der Waals surface area (Å²) in [5, 5.41) is 10.5. The van der Waals surface area contributed by atoms with Gasteiger partial charge in [-0.15, -0.1) is 0 Å². The van der Waals surface area contributed by atoms with E-state index in [1.54, 1.807) is 12.1 Å². The maximum absolute atomic E-state index is 11.7. The molecule has 1 aromatic rings. The fraction of sp³-hybridized carbons (Fsp3) is 0.429. The van der Waals surface area contributed by atoms with Crippen LogP contribution in [0.3, 0.4) is 0 Å². The Morgan fingerprint density at radius 3 is 2.30 bits per heavy atom. The summed E-state index contributed by atoms with van der Waals surface area (Å²) in [4.78, 5) is 26.0. The van der Waals surface area contributed by atoms with Gasteiger partial charge in [-0.2, -0.15) is 0 Å². The number of nitro benzene ring substituents is 1. The first-order valence-electron chi connectivity index (χ1n) is 6.11. The molecule has 108 valence electrons. The van der Waals surface area contributed by atoms with Crippen LogP contribution in [-0.2, 0) is 9.53 Å². The van der Waals surface area contributed by atoms with Gasteiger partial charge in [0.15, 0.2) is 6.04 Å². The fourth-order valence-electron chi connectivity index (χ4n) is 1.59. The second-order valence-electron chi connectivity index (χ2n) is 5.42. The van der Waals surface area contributed by atoms with Gasteiger partial charge in [-0.1, -0.05) is 20.8 Å². The van der Waals surface area contributed by atoms with Crippen LogP contribution in [0.5, 0.6) is 0 Å². The maximum Gasteiger partial charge on any atom is 0.331 e. The lowest BCUT2D eigenvalue weighted by atomic mass is 9.87. The van der Waals surface area contributed by atoms with Crippen molar-refractivity contribution in [2.24, 2.45) is 10.4 Å². The van der Waals surface area contributed by atoms with Crippen LogP contribution < -0.4 is 0 Å². The van der Waals surface area contributed by atoms with Crippen molar-refractivity contribution in [3.63, 3.8) is 0 Å². The van der Waals surface area contributed by atoms with E-state index in [1.807, 2.05) is 20.8 Å². The number of aliphatic imine (C=N–C) groups is 1. The third-order valence-corrected chi connectivity index (χ3v) is 2.72. The molecule has 0 spiro atoms. The Bertz CT molecular complexity index is 515. The molecule has 1 rings (SSSR count). The molecule has 6 nitrogen and oxygen atoms in total. The molecule has 0 aliphatic carbocycles. The van der Waals surface area contributed by atoms with Gasteiger partial charge in [0.25, 0.3) is 5.69 Å². The minimum absolute atomic E-state index is 0.0162. The Hall–Kier alpha value is -2.24. The predicted molar refractivity (Wildman–Crippen MR) is 75.9 cm³/mol. The molecule has 6 heteroatoms. The lowest BCUT2D eigenvalue weighted by molar-refractivity contribution is -0.384. The number of carbonyl (C=O) groups excluding carboxylic acids is 1. The molecule has 1 atom stereocenters. The van der Waals surface area contributed by atoms with Gasteiger partial charge in [0.05, 0.1) is 12.0 Å². The zero-order chi connectivity index (χ0) is 15.3. The van der Waals surface area contributed by atoms with E-state index < -0.39 is 16.9 Å². The van der Waals surface area contributed by atoms with Crippen molar-refractivity contribution < 1.29 is 14.5 Å². The Labute approximate surface area is 117 Å². The molecule has 0 heterocycles. The van der Waals surface area contributed by atoms with Gasteiger partial charge in [0, 0.05) is 18.3 Å². The average molecular weight is 278 g/mol. The summed E-state index contributed by atoms with van der Waals surface area (Å²) in [6.07, 6.45) is 1.52. The van der Waals surface area contributed by atoms with Crippen molar-refractivity contribution in [1.82, 2.24) is 0 Å². The summed E-state index contributed by atoms with van der Waals surface area (Å²) in [7, 11) is 1.32. The molecule has 20 heavy (non-hydrogen) atoms. The number of rotatable bonds is 4. The van der Waals surface area contributed by atoms with Crippen LogP contribution in [0.1, 0.15) is 26.3 Å². The summed E-state index contributed by atoms with van der Waals surface area (Å²) < 4.78 is 4.74. The van der Waals surface area contributed by atoms with Crippen molar-refractivity contribution >= 4 is 17.9 Å². The summed E-state index contributed by atoms with van der Waals surface area (Å²) in [6, 6.07) is 5.33. The minimum atomic E-state index is -0.623. The van der Waals surface area contributed by atoms with Gasteiger partial charge >= 0.3 is 5.97 Å². The maximum atomic E-state index is 11.7. The van der Waals surface area contributed by atoms with E-state index in [1.165, 1.54) is 25.5 Å². The molecule has 0 N–H and O–H groups in total. The van der Waals surface area contributed by atoms with Crippen molar-refractivity contribution in [3.8, 4) is 0 Å². The first kappa shape index (κ1) is 15.8. The number of nitrogens with zero attached hydrogens (tertiary/aromatic N) is 2. The number of esters is 1. The third kappa shape index (κ3) is 4.15. The van der Waals surface area contributed by atoms with Crippen LogP contribution in [0.2, 0.25) is 0 Å². The van der Waals surface area contributed by atoms with Crippen LogP contribution in [-0.4, -0.2) is 30.3 Å². The zero-order valence-corrected chi connectivity index (χ0v) is 12.0. The highest BCUT2D eigenvalue weighted by Crippen LogP contribution is 2.23. The average Bonchev–Trinajstić information content (AvgIpc) is 2.37. The Morgan fingerprint density at radius 1 is 1.35 bits per heavy atom. The normalized spacial score (nSPS) is 13.2. The number of ether oxygens (including phenoxy) is 1. The molecular formula is C14H18N2O4. The first-order chi connectivity index (χ1) is 9.25. The van der Waals surface area contributed by atoms with Crippen molar-refractivity contribution in [3.05, 3.63) is 39.9 Å². The molecule has 0 aliphatic heterocycles. The fourth-order valence-corrected chi connectivity index (χ4v) is 1.59. The van der Waals surface area contributed by atoms with Crippen molar-refractivity contribution in [2.75, 3.05) is 7.11 Å². The number of hydrogen-bond acceptors (Lipinski definition) is 5. The lowest BCUT2D eigenvalue weighted by Crippen LogP contribution is -2.33. The Balaban J connectivity index is 2.93. The monoisotopic (exact) mass is 278 g/mol.